The maximum absolute atomic E-state index is 12.9. The van der Waals surface area contributed by atoms with Crippen LogP contribution in [-0.2, 0) is 20.0 Å². The molecule has 1 atom stereocenters. The SMILES string of the molecule is Cc1ccc(S(=O)(=O)NC(C)c2cccc(S(N)(=O)=O)c2)c2cccnc12. The number of sulfonamides is 2. The highest BCUT2D eigenvalue weighted by atomic mass is 32.2. The molecule has 27 heavy (non-hydrogen) atoms. The van der Waals surface area contributed by atoms with Crippen molar-refractivity contribution in [1.82, 2.24) is 9.71 Å². The fourth-order valence-electron chi connectivity index (χ4n) is 2.85. The standard InChI is InChI=1S/C18H19N3O4S2/c1-12-8-9-17(16-7-4-10-20-18(12)16)27(24,25)21-13(2)14-5-3-6-15(11-14)26(19,22)23/h3-11,13,21H,1-2H3,(H2,19,22,23). The maximum atomic E-state index is 12.9. The second kappa shape index (κ2) is 7.01. The number of aromatic nitrogens is 1. The van der Waals surface area contributed by atoms with Gasteiger partial charge in [-0.2, -0.15) is 0 Å². The van der Waals surface area contributed by atoms with Crippen molar-refractivity contribution in [2.24, 2.45) is 5.14 Å². The molecule has 0 aliphatic heterocycles. The molecule has 3 N–H and O–H groups in total. The van der Waals surface area contributed by atoms with Crippen LogP contribution in [0.15, 0.2) is 64.5 Å². The first-order chi connectivity index (χ1) is 12.6. The Morgan fingerprint density at radius 2 is 1.78 bits per heavy atom. The molecule has 0 saturated carbocycles. The van der Waals surface area contributed by atoms with Crippen molar-refractivity contribution in [2.75, 3.05) is 0 Å². The van der Waals surface area contributed by atoms with E-state index < -0.39 is 26.1 Å². The molecule has 0 fully saturated rings. The van der Waals surface area contributed by atoms with Crippen LogP contribution in [0.1, 0.15) is 24.1 Å². The molecule has 0 aliphatic carbocycles. The zero-order chi connectivity index (χ0) is 19.8. The highest BCUT2D eigenvalue weighted by Crippen LogP contribution is 2.26. The molecule has 7 nitrogen and oxygen atoms in total. The average molecular weight is 406 g/mol. The van der Waals surface area contributed by atoms with Crippen molar-refractivity contribution in [1.29, 1.82) is 0 Å². The van der Waals surface area contributed by atoms with Gasteiger partial charge in [0.1, 0.15) is 0 Å². The summed E-state index contributed by atoms with van der Waals surface area (Å²) in [7, 11) is -7.74. The fraction of sp³-hybridized carbons (Fsp3) is 0.167. The van der Waals surface area contributed by atoms with Crippen LogP contribution in [0.4, 0.5) is 0 Å². The largest absolute Gasteiger partial charge is 0.256 e. The first kappa shape index (κ1) is 19.4. The third kappa shape index (κ3) is 4.01. The van der Waals surface area contributed by atoms with Gasteiger partial charge in [-0.25, -0.2) is 26.7 Å². The molecule has 1 heterocycles. The number of pyridine rings is 1. The van der Waals surface area contributed by atoms with Gasteiger partial charge in [-0.1, -0.05) is 18.2 Å². The summed E-state index contributed by atoms with van der Waals surface area (Å²) in [6.45, 7) is 3.50. The summed E-state index contributed by atoms with van der Waals surface area (Å²) in [6.07, 6.45) is 1.61. The Morgan fingerprint density at radius 1 is 1.04 bits per heavy atom. The Kier molecular flexibility index (Phi) is 5.04. The van der Waals surface area contributed by atoms with E-state index >= 15 is 0 Å². The smallest absolute Gasteiger partial charge is 0.241 e. The van der Waals surface area contributed by atoms with Gasteiger partial charge in [0.05, 0.1) is 15.3 Å². The number of aryl methyl sites for hydroxylation is 1. The first-order valence-corrected chi connectivity index (χ1v) is 11.1. The van der Waals surface area contributed by atoms with Crippen molar-refractivity contribution < 1.29 is 16.8 Å². The molecule has 0 aliphatic rings. The number of nitrogens with one attached hydrogen (secondary N) is 1. The van der Waals surface area contributed by atoms with Gasteiger partial charge < -0.3 is 0 Å². The van der Waals surface area contributed by atoms with Crippen LogP contribution >= 0.6 is 0 Å². The summed E-state index contributed by atoms with van der Waals surface area (Å²) in [4.78, 5) is 4.30. The lowest BCUT2D eigenvalue weighted by molar-refractivity contribution is 0.567. The first-order valence-electron chi connectivity index (χ1n) is 8.09. The average Bonchev–Trinajstić information content (AvgIpc) is 2.61. The quantitative estimate of drug-likeness (QED) is 0.675. The fourth-order valence-corrected chi connectivity index (χ4v) is 4.85. The van der Waals surface area contributed by atoms with Crippen molar-refractivity contribution in [2.45, 2.75) is 29.7 Å². The van der Waals surface area contributed by atoms with Crippen LogP contribution in [0.5, 0.6) is 0 Å². The van der Waals surface area contributed by atoms with Crippen LogP contribution in [0.3, 0.4) is 0 Å². The van der Waals surface area contributed by atoms with Gasteiger partial charge in [-0.05, 0) is 55.3 Å². The Hall–Kier alpha value is -2.33. The number of fused-ring (bicyclic) bond motifs is 1. The van der Waals surface area contributed by atoms with Crippen LogP contribution in [0.25, 0.3) is 10.9 Å². The van der Waals surface area contributed by atoms with Crippen LogP contribution in [-0.4, -0.2) is 21.8 Å². The predicted molar refractivity (Wildman–Crippen MR) is 103 cm³/mol. The third-order valence-electron chi connectivity index (χ3n) is 4.24. The van der Waals surface area contributed by atoms with Gasteiger partial charge in [0.2, 0.25) is 20.0 Å². The minimum atomic E-state index is -3.87. The zero-order valence-electron chi connectivity index (χ0n) is 14.7. The Balaban J connectivity index is 2.00. The molecular formula is C18H19N3O4S2. The number of nitrogens with zero attached hydrogens (tertiary/aromatic N) is 1. The van der Waals surface area contributed by atoms with E-state index in [4.69, 9.17) is 5.14 Å². The summed E-state index contributed by atoms with van der Waals surface area (Å²) >= 11 is 0. The molecule has 0 bridgehead atoms. The van der Waals surface area contributed by atoms with E-state index in [1.54, 1.807) is 37.4 Å². The van der Waals surface area contributed by atoms with Gasteiger partial charge in [-0.15, -0.1) is 0 Å². The van der Waals surface area contributed by atoms with E-state index in [-0.39, 0.29) is 9.79 Å². The van der Waals surface area contributed by atoms with E-state index in [9.17, 15) is 16.8 Å². The van der Waals surface area contributed by atoms with Crippen molar-refractivity contribution in [3.05, 3.63) is 65.9 Å². The monoisotopic (exact) mass is 405 g/mol. The van der Waals surface area contributed by atoms with Crippen molar-refractivity contribution >= 4 is 30.9 Å². The zero-order valence-corrected chi connectivity index (χ0v) is 16.4. The Bertz CT molecular complexity index is 1220. The van der Waals surface area contributed by atoms with E-state index in [0.29, 0.717) is 16.5 Å². The second-order valence-electron chi connectivity index (χ2n) is 6.24. The lowest BCUT2D eigenvalue weighted by Gasteiger charge is -2.16. The van der Waals surface area contributed by atoms with E-state index in [2.05, 4.69) is 9.71 Å². The number of hydrogen-bond acceptors (Lipinski definition) is 5. The van der Waals surface area contributed by atoms with Gasteiger partial charge in [-0.3, -0.25) is 4.98 Å². The number of nitrogens with two attached hydrogens (primary N) is 1. The predicted octanol–water partition coefficient (Wildman–Crippen LogP) is 2.23. The molecule has 0 spiro atoms. The van der Waals surface area contributed by atoms with E-state index in [1.807, 2.05) is 6.92 Å². The molecular weight excluding hydrogens is 386 g/mol. The van der Waals surface area contributed by atoms with Crippen LogP contribution in [0.2, 0.25) is 0 Å². The number of benzene rings is 2. The lowest BCUT2D eigenvalue weighted by atomic mass is 10.1. The lowest BCUT2D eigenvalue weighted by Crippen LogP contribution is -2.27. The van der Waals surface area contributed by atoms with Gasteiger partial charge in [0.15, 0.2) is 0 Å². The number of primary sulfonamides is 1. The Labute approximate surface area is 158 Å². The minimum absolute atomic E-state index is 0.0731. The van der Waals surface area contributed by atoms with Crippen LogP contribution < -0.4 is 9.86 Å². The molecule has 142 valence electrons. The molecule has 1 unspecified atom stereocenters. The summed E-state index contributed by atoms with van der Waals surface area (Å²) in [5, 5.41) is 5.67. The highest BCUT2D eigenvalue weighted by molar-refractivity contribution is 7.89. The molecule has 0 radical (unpaired) electrons. The molecule has 2 aromatic carbocycles. The Morgan fingerprint density at radius 3 is 2.48 bits per heavy atom. The molecule has 0 saturated heterocycles. The topological polar surface area (TPSA) is 119 Å². The normalized spacial score (nSPS) is 13.6. The van der Waals surface area contributed by atoms with E-state index in [1.165, 1.54) is 24.3 Å². The molecule has 3 aromatic rings. The summed E-state index contributed by atoms with van der Waals surface area (Å²) < 4.78 is 51.5. The van der Waals surface area contributed by atoms with Crippen molar-refractivity contribution in [3.63, 3.8) is 0 Å². The maximum Gasteiger partial charge on any atom is 0.241 e. The summed E-state index contributed by atoms with van der Waals surface area (Å²) in [6, 6.07) is 11.8. The van der Waals surface area contributed by atoms with Crippen molar-refractivity contribution in [3.8, 4) is 0 Å². The van der Waals surface area contributed by atoms with Gasteiger partial charge >= 0.3 is 0 Å². The van der Waals surface area contributed by atoms with Gasteiger partial charge in [0, 0.05) is 17.6 Å². The summed E-state index contributed by atoms with van der Waals surface area (Å²) in [5.74, 6) is 0. The second-order valence-corrected chi connectivity index (χ2v) is 9.48. The van der Waals surface area contributed by atoms with Gasteiger partial charge in [0.25, 0.3) is 0 Å². The number of rotatable bonds is 5. The molecule has 3 rings (SSSR count). The summed E-state index contributed by atoms with van der Waals surface area (Å²) in [5.41, 5.74) is 1.97. The molecule has 1 aromatic heterocycles. The highest BCUT2D eigenvalue weighted by Gasteiger charge is 2.22. The van der Waals surface area contributed by atoms with Crippen LogP contribution in [0, 0.1) is 6.92 Å². The molecule has 9 heteroatoms. The third-order valence-corrected chi connectivity index (χ3v) is 6.75. The minimum Gasteiger partial charge on any atom is -0.256 e. The molecule has 0 amide bonds. The number of hydrogen-bond donors (Lipinski definition) is 2. The van der Waals surface area contributed by atoms with E-state index in [0.717, 1.165) is 5.56 Å².